The predicted octanol–water partition coefficient (Wildman–Crippen LogP) is 4.89. The summed E-state index contributed by atoms with van der Waals surface area (Å²) < 4.78 is 5.21. The van der Waals surface area contributed by atoms with Crippen LogP contribution in [-0.4, -0.2) is 11.1 Å². The van der Waals surface area contributed by atoms with Crippen molar-refractivity contribution in [3.05, 3.63) is 75.5 Å². The first kappa shape index (κ1) is 16.6. The molecule has 0 aliphatic heterocycles. The smallest absolute Gasteiger partial charge is 0.257 e. The molecule has 0 saturated heterocycles. The van der Waals surface area contributed by atoms with Crippen molar-refractivity contribution in [2.75, 3.05) is 0 Å². The van der Waals surface area contributed by atoms with Gasteiger partial charge in [0, 0.05) is 17.1 Å². The fraction of sp³-hybridized carbons (Fsp3) is 0.111. The van der Waals surface area contributed by atoms with Crippen LogP contribution < -0.4 is 5.32 Å². The molecule has 1 aromatic heterocycles. The van der Waals surface area contributed by atoms with Gasteiger partial charge in [-0.1, -0.05) is 64.8 Å². The number of nitrogens with one attached hydrogen (secondary N) is 1. The number of aryl methyl sites for hydroxylation is 1. The zero-order valence-corrected chi connectivity index (χ0v) is 14.4. The highest BCUT2D eigenvalue weighted by Crippen LogP contribution is 2.31. The second-order valence-electron chi connectivity index (χ2n) is 5.22. The molecule has 0 radical (unpaired) electrons. The summed E-state index contributed by atoms with van der Waals surface area (Å²) in [5.41, 5.74) is 2.28. The summed E-state index contributed by atoms with van der Waals surface area (Å²) in [6.07, 6.45) is 0. The maximum absolute atomic E-state index is 12.6. The van der Waals surface area contributed by atoms with E-state index in [0.29, 0.717) is 39.2 Å². The van der Waals surface area contributed by atoms with Crippen molar-refractivity contribution in [3.8, 4) is 11.3 Å². The molecular weight excluding hydrogens is 347 g/mol. The van der Waals surface area contributed by atoms with E-state index >= 15 is 0 Å². The van der Waals surface area contributed by atoms with E-state index in [2.05, 4.69) is 10.5 Å². The maximum Gasteiger partial charge on any atom is 0.257 e. The molecule has 0 aliphatic carbocycles. The fourth-order valence-corrected chi connectivity index (χ4v) is 2.81. The number of carbonyl (C=O) groups is 1. The second-order valence-corrected chi connectivity index (χ2v) is 6.03. The fourth-order valence-electron chi connectivity index (χ4n) is 2.38. The molecule has 24 heavy (non-hydrogen) atoms. The summed E-state index contributed by atoms with van der Waals surface area (Å²) in [7, 11) is 0. The Kier molecular flexibility index (Phi) is 4.88. The highest BCUT2D eigenvalue weighted by molar-refractivity contribution is 6.33. The Labute approximate surface area is 149 Å². The van der Waals surface area contributed by atoms with Gasteiger partial charge in [-0.05, 0) is 24.6 Å². The molecule has 1 heterocycles. The molecule has 3 rings (SSSR count). The molecule has 0 unspecified atom stereocenters. The lowest BCUT2D eigenvalue weighted by atomic mass is 10.1. The van der Waals surface area contributed by atoms with Crippen molar-refractivity contribution >= 4 is 29.1 Å². The minimum absolute atomic E-state index is 0.288. The van der Waals surface area contributed by atoms with Gasteiger partial charge in [-0.2, -0.15) is 0 Å². The number of rotatable bonds is 4. The number of benzene rings is 2. The van der Waals surface area contributed by atoms with Gasteiger partial charge >= 0.3 is 0 Å². The van der Waals surface area contributed by atoms with Gasteiger partial charge in [0.15, 0.2) is 0 Å². The molecule has 0 spiro atoms. The van der Waals surface area contributed by atoms with Gasteiger partial charge in [-0.25, -0.2) is 0 Å². The van der Waals surface area contributed by atoms with E-state index in [1.165, 1.54) is 0 Å². The molecule has 1 N–H and O–H groups in total. The Morgan fingerprint density at radius 1 is 1.08 bits per heavy atom. The van der Waals surface area contributed by atoms with Crippen molar-refractivity contribution in [2.45, 2.75) is 13.5 Å². The first-order valence-corrected chi connectivity index (χ1v) is 8.06. The molecule has 122 valence electrons. The number of amides is 1. The van der Waals surface area contributed by atoms with Crippen molar-refractivity contribution in [2.24, 2.45) is 0 Å². The monoisotopic (exact) mass is 360 g/mol. The van der Waals surface area contributed by atoms with Crippen molar-refractivity contribution in [3.63, 3.8) is 0 Å². The molecule has 0 saturated carbocycles. The predicted molar refractivity (Wildman–Crippen MR) is 94.3 cm³/mol. The summed E-state index contributed by atoms with van der Waals surface area (Å²) in [6.45, 7) is 2.00. The Morgan fingerprint density at radius 3 is 2.46 bits per heavy atom. The molecule has 3 aromatic rings. The van der Waals surface area contributed by atoms with Crippen LogP contribution >= 0.6 is 23.2 Å². The molecule has 0 atom stereocenters. The Bertz CT molecular complexity index is 890. The van der Waals surface area contributed by atoms with Crippen LogP contribution in [0.4, 0.5) is 0 Å². The van der Waals surface area contributed by atoms with Gasteiger partial charge in [0.05, 0.1) is 5.02 Å². The summed E-state index contributed by atoms with van der Waals surface area (Å²) in [6, 6.07) is 14.5. The number of halogens is 2. The Morgan fingerprint density at radius 2 is 1.75 bits per heavy atom. The number of aromatic nitrogens is 1. The molecule has 6 heteroatoms. The number of hydrogen-bond donors (Lipinski definition) is 1. The largest absolute Gasteiger partial charge is 0.360 e. The summed E-state index contributed by atoms with van der Waals surface area (Å²) in [4.78, 5) is 12.6. The lowest BCUT2D eigenvalue weighted by Crippen LogP contribution is -2.23. The zero-order chi connectivity index (χ0) is 17.1. The van der Waals surface area contributed by atoms with Gasteiger partial charge in [0.25, 0.3) is 5.91 Å². The quantitative estimate of drug-likeness (QED) is 0.720. The SMILES string of the molecule is Cc1onc(-c2ccccc2Cl)c1C(=O)NCc1ccccc1Cl. The average Bonchev–Trinajstić information content (AvgIpc) is 2.96. The van der Waals surface area contributed by atoms with E-state index in [9.17, 15) is 4.79 Å². The topological polar surface area (TPSA) is 55.1 Å². The van der Waals surface area contributed by atoms with Crippen molar-refractivity contribution in [1.29, 1.82) is 0 Å². The third-order valence-corrected chi connectivity index (χ3v) is 4.31. The van der Waals surface area contributed by atoms with Crippen molar-refractivity contribution in [1.82, 2.24) is 10.5 Å². The molecular formula is C18H14Cl2N2O2. The molecule has 2 aromatic carbocycles. The molecule has 0 bridgehead atoms. The summed E-state index contributed by atoms with van der Waals surface area (Å²) in [5.74, 6) is 0.144. The first-order valence-electron chi connectivity index (χ1n) is 7.30. The van der Waals surface area contributed by atoms with E-state index in [0.717, 1.165) is 5.56 Å². The number of hydrogen-bond acceptors (Lipinski definition) is 3. The van der Waals surface area contributed by atoms with Gasteiger partial charge in [0.1, 0.15) is 17.0 Å². The molecule has 0 aliphatic rings. The van der Waals surface area contributed by atoms with E-state index in [-0.39, 0.29) is 5.91 Å². The normalized spacial score (nSPS) is 10.6. The van der Waals surface area contributed by atoms with Crippen LogP contribution in [0.1, 0.15) is 21.7 Å². The van der Waals surface area contributed by atoms with Crippen LogP contribution in [-0.2, 0) is 6.54 Å². The van der Waals surface area contributed by atoms with Crippen LogP contribution in [0.25, 0.3) is 11.3 Å². The van der Waals surface area contributed by atoms with Gasteiger partial charge in [-0.15, -0.1) is 0 Å². The van der Waals surface area contributed by atoms with Crippen LogP contribution in [0.15, 0.2) is 53.1 Å². The van der Waals surface area contributed by atoms with Gasteiger partial charge in [0.2, 0.25) is 0 Å². The Hall–Kier alpha value is -2.30. The van der Waals surface area contributed by atoms with Crippen LogP contribution in [0.5, 0.6) is 0 Å². The van der Waals surface area contributed by atoms with E-state index in [1.807, 2.05) is 30.3 Å². The molecule has 4 nitrogen and oxygen atoms in total. The van der Waals surface area contributed by atoms with Crippen LogP contribution in [0.2, 0.25) is 10.0 Å². The standard InChI is InChI=1S/C18H14Cl2N2O2/c1-11-16(17(22-24-11)13-7-3-5-9-15(13)20)18(23)21-10-12-6-2-4-8-14(12)19/h2-9H,10H2,1H3,(H,21,23). The number of carbonyl (C=O) groups excluding carboxylic acids is 1. The van der Waals surface area contributed by atoms with Crippen molar-refractivity contribution < 1.29 is 9.32 Å². The zero-order valence-electron chi connectivity index (χ0n) is 12.8. The van der Waals surface area contributed by atoms with E-state index in [4.69, 9.17) is 27.7 Å². The highest BCUT2D eigenvalue weighted by Gasteiger charge is 2.22. The lowest BCUT2D eigenvalue weighted by Gasteiger charge is -2.08. The lowest BCUT2D eigenvalue weighted by molar-refractivity contribution is 0.0950. The molecule has 1 amide bonds. The van der Waals surface area contributed by atoms with Crippen LogP contribution in [0.3, 0.4) is 0 Å². The van der Waals surface area contributed by atoms with Gasteiger partial charge in [-0.3, -0.25) is 4.79 Å². The molecule has 0 fully saturated rings. The van der Waals surface area contributed by atoms with E-state index in [1.54, 1.807) is 25.1 Å². The second kappa shape index (κ2) is 7.07. The van der Waals surface area contributed by atoms with Crippen LogP contribution in [0, 0.1) is 6.92 Å². The summed E-state index contributed by atoms with van der Waals surface area (Å²) >= 11 is 12.3. The minimum atomic E-state index is -0.288. The minimum Gasteiger partial charge on any atom is -0.360 e. The maximum atomic E-state index is 12.6. The van der Waals surface area contributed by atoms with Gasteiger partial charge < -0.3 is 9.84 Å². The number of nitrogens with zero attached hydrogens (tertiary/aromatic N) is 1. The Balaban J connectivity index is 1.87. The third kappa shape index (κ3) is 3.30. The average molecular weight is 361 g/mol. The first-order chi connectivity index (χ1) is 11.6. The summed E-state index contributed by atoms with van der Waals surface area (Å²) in [5, 5.41) is 7.95. The highest BCUT2D eigenvalue weighted by atomic mass is 35.5. The van der Waals surface area contributed by atoms with E-state index < -0.39 is 0 Å². The third-order valence-electron chi connectivity index (χ3n) is 3.62.